The number of non-ortho nitro benzene ring substituents is 1. The predicted octanol–water partition coefficient (Wildman–Crippen LogP) is 3.86. The average molecular weight is 604 g/mol. The van der Waals surface area contributed by atoms with Crippen LogP contribution in [-0.2, 0) is 19.7 Å². The molecule has 0 radical (unpaired) electrons. The van der Waals surface area contributed by atoms with Crippen molar-refractivity contribution >= 4 is 39.3 Å². The van der Waals surface area contributed by atoms with Crippen LogP contribution in [-0.4, -0.2) is 53.4 Å². The summed E-state index contributed by atoms with van der Waals surface area (Å²) in [7, 11) is -4.13. The summed E-state index contributed by atoms with van der Waals surface area (Å²) in [5.41, 5.74) is 0.587. The van der Waals surface area contributed by atoms with E-state index in [9.17, 15) is 37.7 Å². The van der Waals surface area contributed by atoms with Crippen LogP contribution in [0.3, 0.4) is 0 Å². The number of allylic oxidation sites excluding steroid dienone is 2. The van der Waals surface area contributed by atoms with E-state index in [1.807, 2.05) is 6.92 Å². The molecule has 13 heteroatoms. The summed E-state index contributed by atoms with van der Waals surface area (Å²) < 4.78 is 30.4. The van der Waals surface area contributed by atoms with Gasteiger partial charge in [0, 0.05) is 23.3 Å². The first-order valence-electron chi connectivity index (χ1n) is 13.2. The Bertz CT molecular complexity index is 1720. The quantitative estimate of drug-likeness (QED) is 0.0883. The van der Waals surface area contributed by atoms with Gasteiger partial charge in [0.2, 0.25) is 0 Å². The maximum atomic E-state index is 13.6. The minimum Gasteiger partial charge on any atom is -0.379 e. The number of benzene rings is 3. The summed E-state index contributed by atoms with van der Waals surface area (Å²) in [6.07, 6.45) is 4.19. The van der Waals surface area contributed by atoms with Crippen molar-refractivity contribution < 1.29 is 36.7 Å². The highest BCUT2D eigenvalue weighted by Gasteiger charge is 2.51. The lowest BCUT2D eigenvalue weighted by Crippen LogP contribution is -2.52. The van der Waals surface area contributed by atoms with Crippen molar-refractivity contribution in [3.63, 3.8) is 0 Å². The third-order valence-corrected chi connectivity index (χ3v) is 8.53. The zero-order valence-corrected chi connectivity index (χ0v) is 23.6. The molecule has 0 spiro atoms. The van der Waals surface area contributed by atoms with E-state index in [-0.39, 0.29) is 27.5 Å². The van der Waals surface area contributed by atoms with Crippen molar-refractivity contribution in [3.05, 3.63) is 112 Å². The summed E-state index contributed by atoms with van der Waals surface area (Å²) in [4.78, 5) is 64.0. The number of hydrogen-bond acceptors (Lipinski definition) is 9. The van der Waals surface area contributed by atoms with Gasteiger partial charge in [0.15, 0.2) is 5.78 Å². The van der Waals surface area contributed by atoms with Gasteiger partial charge in [-0.2, -0.15) is 13.4 Å². The number of nitrogens with zero attached hydrogens (tertiary/aromatic N) is 3. The second-order valence-electron chi connectivity index (χ2n) is 10.1. The Hall–Kier alpha value is -5.17. The molecule has 5 rings (SSSR count). The topological polar surface area (TPSA) is 161 Å². The number of Topliss-reactive ketones (excluding diaryl/α,β-unsaturated/α-hetero) is 1. The van der Waals surface area contributed by atoms with Gasteiger partial charge in [-0.25, -0.2) is 5.01 Å². The fraction of sp³-hybridized carbons (Fsp3) is 0.200. The van der Waals surface area contributed by atoms with Crippen molar-refractivity contribution in [2.45, 2.75) is 24.7 Å². The van der Waals surface area contributed by atoms with E-state index in [0.29, 0.717) is 17.9 Å². The number of nitro benzene ring substituents is 1. The molecular formula is C30H25N3O9S. The van der Waals surface area contributed by atoms with Crippen molar-refractivity contribution in [1.82, 2.24) is 10.0 Å². The first-order valence-corrected chi connectivity index (χ1v) is 14.6. The third-order valence-electron chi connectivity index (χ3n) is 7.27. The lowest BCUT2D eigenvalue weighted by Gasteiger charge is -2.30. The molecule has 1 saturated heterocycles. The number of carbonyl (C=O) groups is 4. The molecule has 43 heavy (non-hydrogen) atoms. The number of ketones is 1. The molecule has 220 valence electrons. The number of aryl methyl sites for hydroxylation is 1. The molecule has 2 atom stereocenters. The van der Waals surface area contributed by atoms with Crippen LogP contribution < -0.4 is 4.18 Å². The first kappa shape index (κ1) is 29.3. The van der Waals surface area contributed by atoms with Gasteiger partial charge in [0.05, 0.1) is 16.8 Å². The van der Waals surface area contributed by atoms with Gasteiger partial charge in [-0.3, -0.25) is 29.3 Å². The largest absolute Gasteiger partial charge is 0.379 e. The Labute approximate surface area is 246 Å². The highest BCUT2D eigenvalue weighted by Crippen LogP contribution is 2.36. The van der Waals surface area contributed by atoms with Crippen LogP contribution in [0.2, 0.25) is 0 Å². The van der Waals surface area contributed by atoms with Gasteiger partial charge in [-0.05, 0) is 68.3 Å². The molecule has 0 aromatic heterocycles. The molecule has 0 saturated carbocycles. The average Bonchev–Trinajstić information content (AvgIpc) is 3.25. The number of imide groups is 1. The summed E-state index contributed by atoms with van der Waals surface area (Å²) in [6, 6.07) is 15.8. The highest BCUT2D eigenvalue weighted by molar-refractivity contribution is 7.87. The van der Waals surface area contributed by atoms with E-state index in [4.69, 9.17) is 4.18 Å². The fourth-order valence-corrected chi connectivity index (χ4v) is 5.86. The molecule has 3 aromatic carbocycles. The number of nitro groups is 1. The minimum atomic E-state index is -4.13. The van der Waals surface area contributed by atoms with Crippen LogP contribution in [0.15, 0.2) is 89.8 Å². The van der Waals surface area contributed by atoms with Crippen LogP contribution in [0, 0.1) is 28.9 Å². The molecule has 3 aromatic rings. The molecule has 0 bridgehead atoms. The fourth-order valence-electron chi connectivity index (χ4n) is 4.93. The van der Waals surface area contributed by atoms with E-state index in [1.54, 1.807) is 24.3 Å². The second-order valence-corrected chi connectivity index (χ2v) is 11.7. The van der Waals surface area contributed by atoms with Gasteiger partial charge in [-0.1, -0.05) is 29.8 Å². The first-order chi connectivity index (χ1) is 20.5. The SMILES string of the molecule is Cc1ccc(S(=O)(=O)Oc2ccc(C(=O)CN(C(=O)c3ccc([N+](=O)[O-])cc3)N3C(=O)[C@@H]4CC=CC[C@H]4C3=O)cc2)cc1. The molecule has 1 heterocycles. The molecule has 2 aliphatic rings. The zero-order valence-electron chi connectivity index (χ0n) is 22.8. The zero-order chi connectivity index (χ0) is 30.9. The van der Waals surface area contributed by atoms with E-state index in [2.05, 4.69) is 0 Å². The Morgan fingerprint density at radius 3 is 1.95 bits per heavy atom. The van der Waals surface area contributed by atoms with Crippen molar-refractivity contribution in [3.8, 4) is 5.75 Å². The normalized spacial score (nSPS) is 17.8. The molecule has 1 aliphatic heterocycles. The number of fused-ring (bicyclic) bond motifs is 1. The molecule has 0 N–H and O–H groups in total. The van der Waals surface area contributed by atoms with Gasteiger partial charge in [0.25, 0.3) is 23.4 Å². The van der Waals surface area contributed by atoms with Crippen LogP contribution in [0.1, 0.15) is 39.1 Å². The Kier molecular flexibility index (Phi) is 7.91. The lowest BCUT2D eigenvalue weighted by atomic mass is 9.85. The molecule has 3 amide bonds. The van der Waals surface area contributed by atoms with E-state index < -0.39 is 56.9 Å². The Morgan fingerprint density at radius 2 is 1.42 bits per heavy atom. The minimum absolute atomic E-state index is 0.0469. The monoisotopic (exact) mass is 603 g/mol. The molecule has 1 aliphatic carbocycles. The maximum Gasteiger partial charge on any atom is 0.339 e. The molecule has 1 fully saturated rings. The maximum absolute atomic E-state index is 13.6. The third kappa shape index (κ3) is 5.93. The van der Waals surface area contributed by atoms with E-state index in [0.717, 1.165) is 22.7 Å². The van der Waals surface area contributed by atoms with E-state index in [1.165, 1.54) is 48.5 Å². The number of hydrazine groups is 1. The molecule has 12 nitrogen and oxygen atoms in total. The van der Waals surface area contributed by atoms with Crippen LogP contribution in [0.25, 0.3) is 0 Å². The van der Waals surface area contributed by atoms with Crippen LogP contribution in [0.4, 0.5) is 5.69 Å². The van der Waals surface area contributed by atoms with Crippen LogP contribution >= 0.6 is 0 Å². The number of carbonyl (C=O) groups excluding carboxylic acids is 4. The summed E-state index contributed by atoms with van der Waals surface area (Å²) in [5, 5.41) is 12.5. The summed E-state index contributed by atoms with van der Waals surface area (Å²) in [6.45, 7) is 1.11. The highest BCUT2D eigenvalue weighted by atomic mass is 32.2. The van der Waals surface area contributed by atoms with Gasteiger partial charge >= 0.3 is 10.1 Å². The Morgan fingerprint density at radius 1 is 0.884 bits per heavy atom. The number of amides is 3. The second kappa shape index (κ2) is 11.6. The smallest absolute Gasteiger partial charge is 0.339 e. The van der Waals surface area contributed by atoms with Crippen molar-refractivity contribution in [2.75, 3.05) is 6.54 Å². The van der Waals surface area contributed by atoms with Gasteiger partial charge < -0.3 is 4.18 Å². The number of rotatable bonds is 9. The summed E-state index contributed by atoms with van der Waals surface area (Å²) >= 11 is 0. The Balaban J connectivity index is 1.39. The lowest BCUT2D eigenvalue weighted by molar-refractivity contribution is -0.384. The van der Waals surface area contributed by atoms with Crippen molar-refractivity contribution in [1.29, 1.82) is 0 Å². The summed E-state index contributed by atoms with van der Waals surface area (Å²) in [5.74, 6) is -4.17. The van der Waals surface area contributed by atoms with E-state index >= 15 is 0 Å². The standard InChI is InChI=1S/C30H25N3O9S/c1-19-6-16-24(17-7-19)43(40,41)42-23-14-10-20(11-15-23)27(34)18-31(28(35)21-8-12-22(13-9-21)33(38)39)32-29(36)25-4-2-3-5-26(25)30(32)37/h2-3,6-17,25-26H,4-5,18H2,1H3/t25-,26-/m1/s1. The van der Waals surface area contributed by atoms with Gasteiger partial charge in [0.1, 0.15) is 17.2 Å². The van der Waals surface area contributed by atoms with Crippen LogP contribution in [0.5, 0.6) is 5.75 Å². The van der Waals surface area contributed by atoms with Crippen molar-refractivity contribution in [2.24, 2.45) is 11.8 Å². The molecular weight excluding hydrogens is 578 g/mol. The number of hydrogen-bond donors (Lipinski definition) is 0. The molecule has 0 unspecified atom stereocenters. The van der Waals surface area contributed by atoms with Gasteiger partial charge in [-0.15, -0.1) is 0 Å². The predicted molar refractivity (Wildman–Crippen MR) is 151 cm³/mol.